The first-order valence-electron chi connectivity index (χ1n) is 7.38. The van der Waals surface area contributed by atoms with Gasteiger partial charge in [0.1, 0.15) is 17.1 Å². The lowest BCUT2D eigenvalue weighted by molar-refractivity contribution is 0.0911. The molecule has 1 unspecified atom stereocenters. The van der Waals surface area contributed by atoms with Gasteiger partial charge in [-0.3, -0.25) is 9.36 Å². The van der Waals surface area contributed by atoms with Crippen LogP contribution in [0.4, 0.5) is 0 Å². The number of methoxy groups -OCH3 is 2. The van der Waals surface area contributed by atoms with Crippen molar-refractivity contribution < 1.29 is 18.8 Å². The third kappa shape index (κ3) is 5.10. The van der Waals surface area contributed by atoms with E-state index < -0.39 is 0 Å². The molecule has 1 aromatic carbocycles. The summed E-state index contributed by atoms with van der Waals surface area (Å²) in [6.45, 7) is 6.18. The van der Waals surface area contributed by atoms with Crippen molar-refractivity contribution in [3.63, 3.8) is 0 Å². The van der Waals surface area contributed by atoms with Gasteiger partial charge in [0.15, 0.2) is 14.2 Å². The molecule has 0 saturated heterocycles. The van der Waals surface area contributed by atoms with Crippen LogP contribution in [0.15, 0.2) is 18.2 Å². The molecule has 0 saturated carbocycles. The Morgan fingerprint density at radius 3 is 2.23 bits per heavy atom. The van der Waals surface area contributed by atoms with Gasteiger partial charge in [-0.05, 0) is 29.9 Å². The van der Waals surface area contributed by atoms with Gasteiger partial charge < -0.3 is 9.47 Å². The second-order valence-electron chi connectivity index (χ2n) is 6.42. The summed E-state index contributed by atoms with van der Waals surface area (Å²) < 4.78 is 21.3. The van der Waals surface area contributed by atoms with E-state index in [1.807, 2.05) is 0 Å². The van der Waals surface area contributed by atoms with Crippen LogP contribution in [0.1, 0.15) is 44.0 Å². The van der Waals surface area contributed by atoms with E-state index in [-0.39, 0.29) is 19.7 Å². The molecule has 22 heavy (non-hydrogen) atoms. The largest absolute Gasteiger partial charge is 0.496 e. The molecular formula is C17H25O4P. The molecule has 0 aliphatic carbocycles. The molecule has 0 N–H and O–H groups in total. The molecule has 0 fully saturated rings. The molecule has 4 nitrogen and oxygen atoms in total. The molecule has 0 aromatic heterocycles. The summed E-state index contributed by atoms with van der Waals surface area (Å²) >= 11 is 0. The number of ether oxygens (including phenoxy) is 2. The van der Waals surface area contributed by atoms with Crippen LogP contribution in [0, 0.1) is 11.3 Å². The van der Waals surface area contributed by atoms with Crippen molar-refractivity contribution in [3.8, 4) is 11.5 Å². The normalized spacial score (nSPS) is 13.0. The van der Waals surface area contributed by atoms with Crippen LogP contribution in [0.2, 0.25) is 0 Å². The average Bonchev–Trinajstić information content (AvgIpc) is 2.45. The molecule has 0 heterocycles. The fourth-order valence-corrected chi connectivity index (χ4v) is 3.24. The van der Waals surface area contributed by atoms with Crippen molar-refractivity contribution in [1.29, 1.82) is 0 Å². The van der Waals surface area contributed by atoms with E-state index >= 15 is 0 Å². The lowest BCUT2D eigenvalue weighted by atomic mass is 9.78. The quantitative estimate of drug-likeness (QED) is 0.491. The van der Waals surface area contributed by atoms with Crippen LogP contribution in [-0.4, -0.2) is 26.2 Å². The van der Waals surface area contributed by atoms with E-state index in [4.69, 9.17) is 9.47 Å². The third-order valence-corrected chi connectivity index (χ3v) is 4.41. The SMILES string of the molecule is COc1cccc(OC)c1C(=O)CC(C)(C)CC(C)CP=O. The Balaban J connectivity index is 2.95. The van der Waals surface area contributed by atoms with E-state index in [0.29, 0.717) is 35.6 Å². The van der Waals surface area contributed by atoms with Gasteiger partial charge in [0.05, 0.1) is 14.2 Å². The Labute approximate surface area is 134 Å². The van der Waals surface area contributed by atoms with E-state index in [1.165, 1.54) is 0 Å². The van der Waals surface area contributed by atoms with Gasteiger partial charge in [-0.25, -0.2) is 0 Å². The van der Waals surface area contributed by atoms with Crippen molar-refractivity contribution in [2.24, 2.45) is 11.3 Å². The van der Waals surface area contributed by atoms with Crippen molar-refractivity contribution in [1.82, 2.24) is 0 Å². The Kier molecular flexibility index (Phi) is 7.02. The second kappa shape index (κ2) is 8.28. The summed E-state index contributed by atoms with van der Waals surface area (Å²) in [5, 5.41) is 0. The van der Waals surface area contributed by atoms with Crippen LogP contribution < -0.4 is 9.47 Å². The first kappa shape index (κ1) is 18.6. The number of benzene rings is 1. The van der Waals surface area contributed by atoms with Crippen molar-refractivity contribution in [2.45, 2.75) is 33.6 Å². The minimum absolute atomic E-state index is 0.00572. The molecule has 1 rings (SSSR count). The fraction of sp³-hybridized carbons (Fsp3) is 0.588. The summed E-state index contributed by atoms with van der Waals surface area (Å²) in [7, 11) is 3.25. The molecule has 0 amide bonds. The van der Waals surface area contributed by atoms with Crippen LogP contribution >= 0.6 is 8.46 Å². The summed E-state index contributed by atoms with van der Waals surface area (Å²) in [5.41, 5.74) is 0.322. The van der Waals surface area contributed by atoms with Gasteiger partial charge in [0.2, 0.25) is 0 Å². The minimum Gasteiger partial charge on any atom is -0.496 e. The molecule has 0 aliphatic heterocycles. The number of carbonyl (C=O) groups is 1. The first-order chi connectivity index (χ1) is 10.3. The van der Waals surface area contributed by atoms with Crippen LogP contribution in [-0.2, 0) is 4.57 Å². The zero-order chi connectivity index (χ0) is 16.8. The molecule has 122 valence electrons. The summed E-state index contributed by atoms with van der Waals surface area (Å²) in [6.07, 6.45) is 1.85. The molecule has 0 radical (unpaired) electrons. The second-order valence-corrected chi connectivity index (χ2v) is 7.05. The number of ketones is 1. The van der Waals surface area contributed by atoms with Crippen molar-refractivity contribution in [3.05, 3.63) is 23.8 Å². The van der Waals surface area contributed by atoms with E-state index in [9.17, 15) is 9.36 Å². The maximum absolute atomic E-state index is 12.7. The highest BCUT2D eigenvalue weighted by atomic mass is 31.1. The predicted octanol–water partition coefficient (Wildman–Crippen LogP) is 4.62. The van der Waals surface area contributed by atoms with Crippen LogP contribution in [0.3, 0.4) is 0 Å². The maximum atomic E-state index is 12.7. The third-order valence-electron chi connectivity index (χ3n) is 3.63. The first-order valence-corrected chi connectivity index (χ1v) is 8.37. The van der Waals surface area contributed by atoms with E-state index in [2.05, 4.69) is 20.8 Å². The molecule has 0 aliphatic rings. The minimum atomic E-state index is -0.174. The Morgan fingerprint density at radius 2 is 1.77 bits per heavy atom. The lowest BCUT2D eigenvalue weighted by Crippen LogP contribution is -2.21. The number of rotatable bonds is 9. The highest BCUT2D eigenvalue weighted by Gasteiger charge is 2.28. The fourth-order valence-electron chi connectivity index (χ4n) is 2.86. The molecule has 0 bridgehead atoms. The number of hydrogen-bond donors (Lipinski definition) is 0. The number of Topliss-reactive ketones (excluding diaryl/α,β-unsaturated/α-hetero) is 1. The summed E-state index contributed by atoms with van der Waals surface area (Å²) in [4.78, 5) is 12.7. The lowest BCUT2D eigenvalue weighted by Gasteiger charge is -2.27. The van der Waals surface area contributed by atoms with Crippen LogP contribution in [0.25, 0.3) is 0 Å². The predicted molar refractivity (Wildman–Crippen MR) is 88.5 cm³/mol. The summed E-state index contributed by atoms with van der Waals surface area (Å²) in [5.74, 6) is 1.38. The summed E-state index contributed by atoms with van der Waals surface area (Å²) in [6, 6.07) is 5.33. The number of hydrogen-bond acceptors (Lipinski definition) is 4. The molecular weight excluding hydrogens is 299 g/mol. The molecule has 1 aromatic rings. The van der Waals surface area contributed by atoms with E-state index in [1.54, 1.807) is 32.4 Å². The van der Waals surface area contributed by atoms with Gasteiger partial charge in [-0.15, -0.1) is 0 Å². The van der Waals surface area contributed by atoms with Gasteiger partial charge in [-0.1, -0.05) is 26.8 Å². The van der Waals surface area contributed by atoms with Crippen molar-refractivity contribution >= 4 is 14.2 Å². The van der Waals surface area contributed by atoms with Crippen molar-refractivity contribution in [2.75, 3.05) is 20.4 Å². The molecule has 1 atom stereocenters. The highest BCUT2D eigenvalue weighted by Crippen LogP contribution is 2.36. The Hall–Kier alpha value is -1.41. The highest BCUT2D eigenvalue weighted by molar-refractivity contribution is 7.23. The Morgan fingerprint density at radius 1 is 1.23 bits per heavy atom. The van der Waals surface area contributed by atoms with Gasteiger partial charge >= 0.3 is 0 Å². The van der Waals surface area contributed by atoms with Gasteiger partial charge in [-0.2, -0.15) is 0 Å². The monoisotopic (exact) mass is 324 g/mol. The zero-order valence-electron chi connectivity index (χ0n) is 14.0. The van der Waals surface area contributed by atoms with Crippen LogP contribution in [0.5, 0.6) is 11.5 Å². The topological polar surface area (TPSA) is 52.6 Å². The maximum Gasteiger partial charge on any atom is 0.170 e. The zero-order valence-corrected chi connectivity index (χ0v) is 14.9. The molecule has 0 spiro atoms. The van der Waals surface area contributed by atoms with Gasteiger partial charge in [0.25, 0.3) is 0 Å². The van der Waals surface area contributed by atoms with E-state index in [0.717, 1.165) is 6.42 Å². The standard InChI is InChI=1S/C17H25O4P/c1-12(11-22-19)9-17(2,3)10-13(18)16-14(20-4)7-6-8-15(16)21-5/h6-8,12H,9-11H2,1-5H3. The Bertz CT molecular complexity index is 503. The van der Waals surface area contributed by atoms with Gasteiger partial charge in [0, 0.05) is 12.6 Å². The number of carbonyl (C=O) groups excluding carboxylic acids is 1. The smallest absolute Gasteiger partial charge is 0.170 e. The molecule has 5 heteroatoms. The average molecular weight is 324 g/mol.